The first kappa shape index (κ1) is 63.0. The monoisotopic (exact) mass is 1230 g/mol. The molecule has 9 rings (SSSR count). The first-order valence-electron chi connectivity index (χ1n) is 28.1. The van der Waals surface area contributed by atoms with Gasteiger partial charge in [0.25, 0.3) is 35.4 Å². The molecule has 0 aliphatic heterocycles. The molecule has 31 nitrogen and oxygen atoms in total. The van der Waals surface area contributed by atoms with Crippen molar-refractivity contribution in [3.63, 3.8) is 0 Å². The number of phenolic OH excluding ortho intramolecular Hbond substituents is 1. The number of nitrogens with zero attached hydrogens (tertiary/aromatic N) is 13. The summed E-state index contributed by atoms with van der Waals surface area (Å²) in [5, 5.41) is 59.4. The summed E-state index contributed by atoms with van der Waals surface area (Å²) in [6, 6.07) is 10.5. The Morgan fingerprint density at radius 2 is 1.12 bits per heavy atom. The van der Waals surface area contributed by atoms with E-state index in [1.807, 2.05) is 19.0 Å². The van der Waals surface area contributed by atoms with E-state index in [0.29, 0.717) is 46.4 Å². The highest BCUT2D eigenvalue weighted by Crippen LogP contribution is 2.32. The molecule has 0 aliphatic carbocycles. The number of rotatable bonds is 25. The van der Waals surface area contributed by atoms with Crippen molar-refractivity contribution in [1.29, 1.82) is 0 Å². The number of phenols is 1. The highest BCUT2D eigenvalue weighted by molar-refractivity contribution is 6.09. The number of benzene rings is 1. The second-order valence-corrected chi connectivity index (χ2v) is 21.4. The number of aliphatic hydroxyl groups excluding tert-OH is 3. The van der Waals surface area contributed by atoms with Gasteiger partial charge in [-0.2, -0.15) is 4.99 Å². The fourth-order valence-electron chi connectivity index (χ4n) is 9.61. The Kier molecular flexibility index (Phi) is 18.9. The number of H-pyrrole nitrogens is 1. The van der Waals surface area contributed by atoms with Gasteiger partial charge in [-0.25, -0.2) is 19.9 Å². The summed E-state index contributed by atoms with van der Waals surface area (Å²) < 4.78 is 14.3. The minimum atomic E-state index is -0.631. The number of aromatic hydroxyl groups is 1. The molecule has 9 aromatic rings. The van der Waals surface area contributed by atoms with E-state index < -0.39 is 41.3 Å². The van der Waals surface area contributed by atoms with E-state index in [1.165, 1.54) is 84.2 Å². The van der Waals surface area contributed by atoms with Crippen molar-refractivity contribution in [3.8, 4) is 17.3 Å². The van der Waals surface area contributed by atoms with Gasteiger partial charge < -0.3 is 94.0 Å². The van der Waals surface area contributed by atoms with Gasteiger partial charge in [-0.1, -0.05) is 0 Å². The molecule has 31 heteroatoms. The molecule has 0 fully saturated rings. The number of aryl methyl sites for hydroxylation is 7. The standard InChI is InChI=1S/C59H68N20O11/c1-32-48(63-31-90-32)51-69-39-14-13-38(50(82)49(39)72-51)53(83)64-33-22-42(76(6)25-33)56(86)65-34-20-40(74(4)26-34)54(84)61-16-10-12-47(81)70-45-30-79(9)52(71-45)59(89)68-37-24-44(78(8)29-37)58(88)67-36-23-43(77(7)28-36)57(87)66-35-21-41(75(5)27-35)55(85)62-18-15-46(80)60-17-11-19-73(2)3/h13-14,20-31,82H,10-12,15-19H2,1-9H3,(H,60,80)(H,61,84)(H,62,85)(H,64,83)(H,65,86)(H,66,87)(H,67,88)(H,68,89)(H,69,72)(H,70,81). The number of fused-ring (bicyclic) bond motifs is 1. The molecule has 0 saturated heterocycles. The number of amides is 6. The van der Waals surface area contributed by atoms with E-state index in [0.717, 1.165) is 13.0 Å². The number of aliphatic hydroxyl groups is 3. The van der Waals surface area contributed by atoms with Crippen LogP contribution in [0.5, 0.6) is 5.75 Å². The summed E-state index contributed by atoms with van der Waals surface area (Å²) in [4.78, 5) is 110. The molecule has 0 saturated carbocycles. The Hall–Kier alpha value is -11.5. The molecule has 0 unspecified atom stereocenters. The first-order chi connectivity index (χ1) is 42.9. The zero-order valence-corrected chi connectivity index (χ0v) is 50.7. The van der Waals surface area contributed by atoms with Crippen LogP contribution in [0.4, 0.5) is 34.3 Å². The molecular weight excluding hydrogens is 1160 g/mol. The first-order valence-corrected chi connectivity index (χ1v) is 28.1. The van der Waals surface area contributed by atoms with Crippen LogP contribution in [0.3, 0.4) is 0 Å². The van der Waals surface area contributed by atoms with Gasteiger partial charge >= 0.3 is 0 Å². The van der Waals surface area contributed by atoms with Crippen molar-refractivity contribution in [2.45, 2.75) is 32.6 Å². The Labute approximate surface area is 513 Å². The number of anilines is 4. The van der Waals surface area contributed by atoms with Gasteiger partial charge in [-0.3, -0.25) is 33.8 Å². The van der Waals surface area contributed by atoms with Gasteiger partial charge in [0.2, 0.25) is 11.7 Å². The lowest BCUT2D eigenvalue weighted by Gasteiger charge is -2.07. The number of aliphatic imine (C=N–C) groups is 3. The molecule has 0 aliphatic rings. The maximum absolute atomic E-state index is 13.5. The van der Waals surface area contributed by atoms with Crippen LogP contribution in [-0.2, 0) is 42.3 Å². The zero-order valence-electron chi connectivity index (χ0n) is 50.7. The van der Waals surface area contributed by atoms with E-state index >= 15 is 0 Å². The van der Waals surface area contributed by atoms with Gasteiger partial charge in [0, 0.05) is 106 Å². The van der Waals surface area contributed by atoms with Crippen LogP contribution < -0.4 is 31.9 Å². The van der Waals surface area contributed by atoms with E-state index in [9.17, 15) is 49.2 Å². The molecule has 6 amide bonds. The fraction of sp³-hybridized carbons (Fsp3) is 0.288. The van der Waals surface area contributed by atoms with Crippen molar-refractivity contribution < 1.29 is 53.6 Å². The van der Waals surface area contributed by atoms with Crippen molar-refractivity contribution in [2.24, 2.45) is 57.3 Å². The van der Waals surface area contributed by atoms with Crippen LogP contribution in [-0.4, -0.2) is 166 Å². The predicted molar refractivity (Wildman–Crippen MR) is 335 cm³/mol. The highest BCUT2D eigenvalue weighted by atomic mass is 16.3. The Bertz CT molecular complexity index is 4300. The number of aromatic amines is 1. The maximum Gasteiger partial charge on any atom is 0.291 e. The lowest BCUT2D eigenvalue weighted by molar-refractivity contribution is 0.0937. The number of oxazole rings is 1. The smallest absolute Gasteiger partial charge is 0.291 e. The van der Waals surface area contributed by atoms with E-state index in [1.54, 1.807) is 78.4 Å². The number of aromatic nitrogens is 10. The van der Waals surface area contributed by atoms with Crippen LogP contribution in [0.1, 0.15) is 100 Å². The third kappa shape index (κ3) is 14.8. The van der Waals surface area contributed by atoms with Crippen LogP contribution >= 0.6 is 0 Å². The van der Waals surface area contributed by atoms with Crippen molar-refractivity contribution >= 4 is 98.4 Å². The summed E-state index contributed by atoms with van der Waals surface area (Å²) in [5.41, 5.74) is 3.71. The second-order valence-electron chi connectivity index (χ2n) is 21.4. The average molecular weight is 1230 g/mol. The molecule has 90 heavy (non-hydrogen) atoms. The molecule has 1 aromatic carbocycles. The maximum atomic E-state index is 13.5. The van der Waals surface area contributed by atoms with Gasteiger partial charge in [0.05, 0.1) is 45.7 Å². The number of nitrogens with one attached hydrogen (secondary N) is 7. The number of carbonyl (C=O) groups is 6. The lowest BCUT2D eigenvalue weighted by atomic mass is 10.1. The van der Waals surface area contributed by atoms with Gasteiger partial charge in [-0.05, 0) is 82.9 Å². The predicted octanol–water partition coefficient (Wildman–Crippen LogP) is 6.13. The molecule has 0 radical (unpaired) electrons. The molecule has 0 spiro atoms. The highest BCUT2D eigenvalue weighted by Gasteiger charge is 2.24. The fourth-order valence-corrected chi connectivity index (χ4v) is 9.61. The Balaban J connectivity index is 0.713. The SMILES string of the molecule is Cc1ocnc1-c1nc2ccc(C(O)=Nc3cc(C(=O)Nc4cc(C(=O)NCCCC(O)=Nc5cn(C)c(C(=O)Nc6cc(C(=O)Nc7cc(C(=O)Nc8cc(C(=O)NCCC(O)=NCCCN(C)C)n(C)c8)n(C)c7)n(C)c6)n5)n(C)c4)n(C)c3)c(O)c2[nH]1. The second kappa shape index (κ2) is 27.0. The van der Waals surface area contributed by atoms with Crippen molar-refractivity contribution in [2.75, 3.05) is 61.5 Å². The minimum absolute atomic E-state index is 0.0182. The molecule has 470 valence electrons. The van der Waals surface area contributed by atoms with E-state index in [-0.39, 0.29) is 112 Å². The van der Waals surface area contributed by atoms with Crippen LogP contribution in [0.25, 0.3) is 22.6 Å². The lowest BCUT2D eigenvalue weighted by Crippen LogP contribution is -2.27. The zero-order chi connectivity index (χ0) is 64.7. The molecule has 0 bridgehead atoms. The average Bonchev–Trinajstić information content (AvgIpc) is 3.77. The van der Waals surface area contributed by atoms with Crippen LogP contribution in [0.2, 0.25) is 0 Å². The quantitative estimate of drug-likeness (QED) is 0.0174. The Morgan fingerprint density at radius 3 is 1.67 bits per heavy atom. The summed E-state index contributed by atoms with van der Waals surface area (Å²) in [6.45, 7) is 3.35. The topological polar surface area (TPSA) is 393 Å². The third-order valence-electron chi connectivity index (χ3n) is 14.1. The number of hydrogen-bond donors (Lipinski definition) is 11. The molecular formula is C59H68N20O11. The molecule has 0 atom stereocenters. The summed E-state index contributed by atoms with van der Waals surface area (Å²) in [5.74, 6) is -3.31. The van der Waals surface area contributed by atoms with Crippen molar-refractivity contribution in [3.05, 3.63) is 132 Å². The normalized spacial score (nSPS) is 12.0. The minimum Gasteiger partial charge on any atom is -0.505 e. The number of imidazole rings is 2. The number of hydrogen-bond acceptors (Lipinski definition) is 15. The summed E-state index contributed by atoms with van der Waals surface area (Å²) >= 11 is 0. The largest absolute Gasteiger partial charge is 0.505 e. The van der Waals surface area contributed by atoms with Gasteiger partial charge in [0.1, 0.15) is 45.4 Å². The van der Waals surface area contributed by atoms with E-state index in [4.69, 9.17) is 4.42 Å². The summed E-state index contributed by atoms with van der Waals surface area (Å²) in [7, 11) is 13.7. The summed E-state index contributed by atoms with van der Waals surface area (Å²) in [6.07, 6.45) is 11.8. The molecule has 8 heterocycles. The third-order valence-corrected chi connectivity index (χ3v) is 14.1. The van der Waals surface area contributed by atoms with Gasteiger partial charge in [0.15, 0.2) is 35.6 Å². The van der Waals surface area contributed by atoms with Gasteiger partial charge in [-0.15, -0.1) is 0 Å². The molecule has 11 N–H and O–H groups in total. The van der Waals surface area contributed by atoms with E-state index in [2.05, 4.69) is 66.8 Å². The van der Waals surface area contributed by atoms with Crippen LogP contribution in [0.15, 0.2) is 105 Å². The Morgan fingerprint density at radius 1 is 0.600 bits per heavy atom. The number of carbonyl (C=O) groups excluding carboxylic acids is 6. The van der Waals surface area contributed by atoms with Crippen LogP contribution in [0, 0.1) is 6.92 Å². The van der Waals surface area contributed by atoms with Crippen molar-refractivity contribution in [1.82, 2.24) is 62.9 Å². The molecule has 8 aromatic heterocycles.